The highest BCUT2D eigenvalue weighted by molar-refractivity contribution is 14.0. The van der Waals surface area contributed by atoms with Crippen LogP contribution in [0.25, 0.3) is 0 Å². The van der Waals surface area contributed by atoms with E-state index in [9.17, 15) is 0 Å². The summed E-state index contributed by atoms with van der Waals surface area (Å²) in [6.45, 7) is 6.30. The Bertz CT molecular complexity index is 552. The van der Waals surface area contributed by atoms with Crippen molar-refractivity contribution in [1.82, 2.24) is 10.2 Å². The number of aliphatic imine (C=N–C) groups is 1. The van der Waals surface area contributed by atoms with Gasteiger partial charge in [-0.2, -0.15) is 0 Å². The Labute approximate surface area is 180 Å². The normalized spacial score (nSPS) is 19.8. The topological polar surface area (TPSA) is 46.1 Å². The van der Waals surface area contributed by atoms with Crippen molar-refractivity contribution in [3.8, 4) is 0 Å². The average Bonchev–Trinajstić information content (AvgIpc) is 3.39. The predicted octanol–water partition coefficient (Wildman–Crippen LogP) is 3.54. The lowest BCUT2D eigenvalue weighted by atomic mass is 10.1. The van der Waals surface area contributed by atoms with Gasteiger partial charge in [0.05, 0.1) is 13.2 Å². The minimum Gasteiger partial charge on any atom is -0.381 e. The Balaban J connectivity index is 0.00000261. The number of rotatable bonds is 10. The van der Waals surface area contributed by atoms with Crippen molar-refractivity contribution in [3.05, 3.63) is 35.9 Å². The third-order valence-electron chi connectivity index (χ3n) is 5.06. The Morgan fingerprint density at radius 2 is 1.89 bits per heavy atom. The average molecular weight is 487 g/mol. The van der Waals surface area contributed by atoms with Crippen LogP contribution < -0.4 is 5.32 Å². The van der Waals surface area contributed by atoms with E-state index in [0.29, 0.717) is 12.5 Å². The number of ether oxygens (including phenoxy) is 2. The molecule has 27 heavy (non-hydrogen) atoms. The maximum Gasteiger partial charge on any atom is 0.193 e. The molecule has 2 aliphatic rings. The summed E-state index contributed by atoms with van der Waals surface area (Å²) >= 11 is 0. The van der Waals surface area contributed by atoms with Crippen molar-refractivity contribution in [2.45, 2.75) is 32.3 Å². The molecule has 1 aromatic carbocycles. The third kappa shape index (κ3) is 8.35. The van der Waals surface area contributed by atoms with Crippen LogP contribution in [0.5, 0.6) is 0 Å². The molecule has 1 unspecified atom stereocenters. The number of hydrogen-bond donors (Lipinski definition) is 1. The molecule has 1 atom stereocenters. The fraction of sp³-hybridized carbons (Fsp3) is 0.667. The maximum atomic E-state index is 5.91. The summed E-state index contributed by atoms with van der Waals surface area (Å²) in [6.07, 6.45) is 4.91. The monoisotopic (exact) mass is 487 g/mol. The zero-order valence-corrected chi connectivity index (χ0v) is 18.8. The molecular weight excluding hydrogens is 453 g/mol. The van der Waals surface area contributed by atoms with Crippen molar-refractivity contribution in [1.29, 1.82) is 0 Å². The second kappa shape index (κ2) is 12.6. The van der Waals surface area contributed by atoms with E-state index >= 15 is 0 Å². The molecule has 152 valence electrons. The van der Waals surface area contributed by atoms with Gasteiger partial charge in [-0.1, -0.05) is 30.3 Å². The standard InChI is InChI=1S/C21H33N3O2.HI/c1-22-21(23-11-5-13-25-15-19-8-9-19)24-12-10-20(14-24)17-26-16-18-6-3-2-4-7-18;/h2-4,6-7,19-20H,5,8-17H2,1H3,(H,22,23);1H. The zero-order chi connectivity index (χ0) is 18.0. The lowest BCUT2D eigenvalue weighted by Crippen LogP contribution is -2.40. The zero-order valence-electron chi connectivity index (χ0n) is 16.4. The highest BCUT2D eigenvalue weighted by Crippen LogP contribution is 2.28. The van der Waals surface area contributed by atoms with Crippen LogP contribution in [-0.2, 0) is 16.1 Å². The quantitative estimate of drug-likeness (QED) is 0.238. The SMILES string of the molecule is CN=C(NCCCOCC1CC1)N1CCC(COCc2ccccc2)C1.I. The van der Waals surface area contributed by atoms with Gasteiger partial charge < -0.3 is 19.7 Å². The summed E-state index contributed by atoms with van der Waals surface area (Å²) in [5, 5.41) is 3.47. The van der Waals surface area contributed by atoms with Gasteiger partial charge >= 0.3 is 0 Å². The van der Waals surface area contributed by atoms with Crippen LogP contribution in [0.3, 0.4) is 0 Å². The van der Waals surface area contributed by atoms with Gasteiger partial charge in [0.25, 0.3) is 0 Å². The van der Waals surface area contributed by atoms with Crippen molar-refractivity contribution in [2.75, 3.05) is 46.5 Å². The summed E-state index contributed by atoms with van der Waals surface area (Å²) in [4.78, 5) is 6.79. The number of nitrogens with one attached hydrogen (secondary N) is 1. The van der Waals surface area contributed by atoms with E-state index in [2.05, 4.69) is 39.5 Å². The number of guanidine groups is 1. The molecule has 5 nitrogen and oxygen atoms in total. The first-order chi connectivity index (χ1) is 12.8. The van der Waals surface area contributed by atoms with Crippen molar-refractivity contribution in [2.24, 2.45) is 16.8 Å². The van der Waals surface area contributed by atoms with Gasteiger partial charge in [0, 0.05) is 45.8 Å². The largest absolute Gasteiger partial charge is 0.381 e. The predicted molar refractivity (Wildman–Crippen MR) is 121 cm³/mol. The molecule has 6 heteroatoms. The maximum absolute atomic E-state index is 5.91. The third-order valence-corrected chi connectivity index (χ3v) is 5.06. The van der Waals surface area contributed by atoms with E-state index in [-0.39, 0.29) is 24.0 Å². The summed E-state index contributed by atoms with van der Waals surface area (Å²) in [7, 11) is 1.87. The molecule has 1 saturated heterocycles. The molecule has 0 aromatic heterocycles. The van der Waals surface area contributed by atoms with Crippen LogP contribution in [0, 0.1) is 11.8 Å². The number of likely N-dealkylation sites (tertiary alicyclic amines) is 1. The second-order valence-corrected chi connectivity index (χ2v) is 7.45. The van der Waals surface area contributed by atoms with Gasteiger partial charge in [-0.25, -0.2) is 0 Å². The number of hydrogen-bond acceptors (Lipinski definition) is 3. The molecule has 1 aliphatic carbocycles. The molecule has 1 N–H and O–H groups in total. The Morgan fingerprint density at radius 3 is 2.63 bits per heavy atom. The lowest BCUT2D eigenvalue weighted by molar-refractivity contribution is 0.0906. The summed E-state index contributed by atoms with van der Waals surface area (Å²) < 4.78 is 11.6. The molecule has 3 rings (SSSR count). The summed E-state index contributed by atoms with van der Waals surface area (Å²) in [5.41, 5.74) is 1.24. The molecule has 0 spiro atoms. The van der Waals surface area contributed by atoms with Gasteiger partial charge in [-0.05, 0) is 37.2 Å². The Morgan fingerprint density at radius 1 is 1.11 bits per heavy atom. The van der Waals surface area contributed by atoms with Crippen LogP contribution in [0.1, 0.15) is 31.2 Å². The highest BCUT2D eigenvalue weighted by Gasteiger charge is 2.25. The molecule has 0 bridgehead atoms. The summed E-state index contributed by atoms with van der Waals surface area (Å²) in [5.74, 6) is 2.44. The van der Waals surface area contributed by atoms with Gasteiger partial charge in [0.1, 0.15) is 0 Å². The van der Waals surface area contributed by atoms with Crippen LogP contribution in [0.4, 0.5) is 0 Å². The van der Waals surface area contributed by atoms with E-state index in [1.807, 2.05) is 13.1 Å². The van der Waals surface area contributed by atoms with Crippen LogP contribution in [-0.4, -0.2) is 57.4 Å². The van der Waals surface area contributed by atoms with E-state index in [4.69, 9.17) is 9.47 Å². The molecule has 2 fully saturated rings. The van der Waals surface area contributed by atoms with E-state index in [1.165, 1.54) is 24.8 Å². The fourth-order valence-corrected chi connectivity index (χ4v) is 3.32. The first kappa shape index (κ1) is 22.4. The molecule has 0 amide bonds. The highest BCUT2D eigenvalue weighted by atomic mass is 127. The van der Waals surface area contributed by atoms with Gasteiger partial charge in [0.2, 0.25) is 0 Å². The molecule has 0 radical (unpaired) electrons. The van der Waals surface area contributed by atoms with Gasteiger partial charge in [0.15, 0.2) is 5.96 Å². The minimum atomic E-state index is 0. The first-order valence-electron chi connectivity index (χ1n) is 10.00. The van der Waals surface area contributed by atoms with E-state index < -0.39 is 0 Å². The lowest BCUT2D eigenvalue weighted by Gasteiger charge is -2.21. The summed E-state index contributed by atoms with van der Waals surface area (Å²) in [6, 6.07) is 10.4. The van der Waals surface area contributed by atoms with Crippen molar-refractivity contribution < 1.29 is 9.47 Å². The van der Waals surface area contributed by atoms with Crippen LogP contribution in [0.15, 0.2) is 35.3 Å². The molecule has 1 aliphatic heterocycles. The smallest absolute Gasteiger partial charge is 0.193 e. The first-order valence-corrected chi connectivity index (χ1v) is 10.00. The van der Waals surface area contributed by atoms with Gasteiger partial charge in [-0.3, -0.25) is 4.99 Å². The van der Waals surface area contributed by atoms with Crippen molar-refractivity contribution >= 4 is 29.9 Å². The Kier molecular flexibility index (Phi) is 10.4. The van der Waals surface area contributed by atoms with Crippen molar-refractivity contribution in [3.63, 3.8) is 0 Å². The van der Waals surface area contributed by atoms with Crippen LogP contribution >= 0.6 is 24.0 Å². The Hall–Kier alpha value is -0.860. The fourth-order valence-electron chi connectivity index (χ4n) is 3.32. The second-order valence-electron chi connectivity index (χ2n) is 7.45. The molecule has 1 heterocycles. The number of nitrogens with zero attached hydrogens (tertiary/aromatic N) is 2. The molecule has 1 aromatic rings. The van der Waals surface area contributed by atoms with E-state index in [0.717, 1.165) is 57.8 Å². The van der Waals surface area contributed by atoms with Gasteiger partial charge in [-0.15, -0.1) is 24.0 Å². The molecule has 1 saturated carbocycles. The van der Waals surface area contributed by atoms with Crippen LogP contribution in [0.2, 0.25) is 0 Å². The number of halogens is 1. The molecular formula is C21H34IN3O2. The number of benzene rings is 1. The van der Waals surface area contributed by atoms with E-state index in [1.54, 1.807) is 0 Å². The minimum absolute atomic E-state index is 0.